The van der Waals surface area contributed by atoms with Gasteiger partial charge in [-0.1, -0.05) is 0 Å². The molecule has 1 saturated heterocycles. The van der Waals surface area contributed by atoms with Crippen LogP contribution < -0.4 is 0 Å². The van der Waals surface area contributed by atoms with Crippen LogP contribution in [0.5, 0.6) is 0 Å². The average Bonchev–Trinajstić information content (AvgIpc) is 2.87. The maximum atomic E-state index is 12.8. The Kier molecular flexibility index (Phi) is 4.17. The Labute approximate surface area is 135 Å². The summed E-state index contributed by atoms with van der Waals surface area (Å²) in [7, 11) is -1.91. The molecule has 1 atom stereocenters. The average molecular weight is 337 g/mol. The van der Waals surface area contributed by atoms with Crippen LogP contribution in [0.3, 0.4) is 0 Å². The first-order chi connectivity index (χ1) is 10.9. The van der Waals surface area contributed by atoms with Gasteiger partial charge in [0.1, 0.15) is 11.0 Å². The lowest BCUT2D eigenvalue weighted by atomic mass is 10.3. The number of morpholine rings is 1. The van der Waals surface area contributed by atoms with Crippen molar-refractivity contribution in [2.24, 2.45) is 7.05 Å². The summed E-state index contributed by atoms with van der Waals surface area (Å²) in [4.78, 5) is 8.76. The highest BCUT2D eigenvalue weighted by Gasteiger charge is 2.34. The van der Waals surface area contributed by atoms with E-state index in [4.69, 9.17) is 4.74 Å². The summed E-state index contributed by atoms with van der Waals surface area (Å²) < 4.78 is 34.3. The summed E-state index contributed by atoms with van der Waals surface area (Å²) in [5.41, 5.74) is 1.31. The van der Waals surface area contributed by atoms with Crippen LogP contribution in [0.25, 0.3) is 0 Å². The Morgan fingerprint density at radius 1 is 1.35 bits per heavy atom. The predicted octanol–water partition coefficient (Wildman–Crippen LogP) is 0.589. The van der Waals surface area contributed by atoms with Gasteiger partial charge in [-0.15, -0.1) is 0 Å². The minimum atomic E-state index is -3.61. The minimum absolute atomic E-state index is 0.195. The maximum Gasteiger partial charge on any atom is 0.246 e. The van der Waals surface area contributed by atoms with Crippen molar-refractivity contribution >= 4 is 10.0 Å². The number of rotatable bonds is 3. The summed E-state index contributed by atoms with van der Waals surface area (Å²) in [6.45, 7) is 4.36. The van der Waals surface area contributed by atoms with Crippen molar-refractivity contribution < 1.29 is 13.2 Å². The van der Waals surface area contributed by atoms with Crippen LogP contribution in [0.15, 0.2) is 23.4 Å². The zero-order valence-electron chi connectivity index (χ0n) is 13.3. The molecule has 0 radical (unpaired) electrons. The first kappa shape index (κ1) is 16.0. The Morgan fingerprint density at radius 2 is 2.13 bits per heavy atom. The van der Waals surface area contributed by atoms with Crippen LogP contribution in [-0.2, 0) is 21.8 Å². The molecule has 0 unspecified atom stereocenters. The van der Waals surface area contributed by atoms with Gasteiger partial charge < -0.3 is 4.74 Å². The van der Waals surface area contributed by atoms with Crippen molar-refractivity contribution in [3.05, 3.63) is 35.7 Å². The third-order valence-electron chi connectivity index (χ3n) is 3.72. The van der Waals surface area contributed by atoms with Gasteiger partial charge in [0.05, 0.1) is 12.3 Å². The third-order valence-corrected chi connectivity index (χ3v) is 5.68. The highest BCUT2D eigenvalue weighted by molar-refractivity contribution is 7.89. The number of aryl methyl sites for hydroxylation is 3. The lowest BCUT2D eigenvalue weighted by molar-refractivity contribution is -0.00762. The quantitative estimate of drug-likeness (QED) is 0.814. The summed E-state index contributed by atoms with van der Waals surface area (Å²) in [6.07, 6.45) is 2.72. The molecule has 3 heterocycles. The molecule has 9 heteroatoms. The zero-order valence-corrected chi connectivity index (χ0v) is 14.1. The van der Waals surface area contributed by atoms with Crippen molar-refractivity contribution in [1.82, 2.24) is 24.1 Å². The number of hydrogen-bond donors (Lipinski definition) is 0. The van der Waals surface area contributed by atoms with E-state index in [1.165, 1.54) is 15.2 Å². The SMILES string of the molecule is Cc1ccnc([C@H]2CN(S(=O)(=O)c3cn(C)nc3C)CCO2)n1. The molecule has 1 fully saturated rings. The van der Waals surface area contributed by atoms with Crippen LogP contribution in [0.4, 0.5) is 0 Å². The minimum Gasteiger partial charge on any atom is -0.367 e. The van der Waals surface area contributed by atoms with Gasteiger partial charge in [0, 0.05) is 38.2 Å². The van der Waals surface area contributed by atoms with Gasteiger partial charge in [-0.05, 0) is 19.9 Å². The number of sulfonamides is 1. The second kappa shape index (κ2) is 5.99. The van der Waals surface area contributed by atoms with Crippen LogP contribution >= 0.6 is 0 Å². The molecular weight excluding hydrogens is 318 g/mol. The number of nitrogens with zero attached hydrogens (tertiary/aromatic N) is 5. The van der Waals surface area contributed by atoms with Crippen molar-refractivity contribution in [2.45, 2.75) is 24.8 Å². The van der Waals surface area contributed by atoms with Gasteiger partial charge in [-0.25, -0.2) is 18.4 Å². The van der Waals surface area contributed by atoms with Gasteiger partial charge in [-0.2, -0.15) is 9.40 Å². The highest BCUT2D eigenvalue weighted by atomic mass is 32.2. The molecule has 23 heavy (non-hydrogen) atoms. The molecule has 1 aliphatic rings. The molecule has 0 N–H and O–H groups in total. The molecule has 0 spiro atoms. The smallest absolute Gasteiger partial charge is 0.246 e. The molecule has 0 amide bonds. The highest BCUT2D eigenvalue weighted by Crippen LogP contribution is 2.25. The second-order valence-corrected chi connectivity index (χ2v) is 7.44. The van der Waals surface area contributed by atoms with E-state index in [0.29, 0.717) is 24.7 Å². The molecule has 8 nitrogen and oxygen atoms in total. The van der Waals surface area contributed by atoms with E-state index in [1.54, 1.807) is 26.2 Å². The zero-order chi connectivity index (χ0) is 16.6. The monoisotopic (exact) mass is 337 g/mol. The van der Waals surface area contributed by atoms with Crippen LogP contribution in [-0.4, -0.2) is 52.2 Å². The first-order valence-electron chi connectivity index (χ1n) is 7.29. The molecule has 1 aliphatic heterocycles. The van der Waals surface area contributed by atoms with E-state index >= 15 is 0 Å². The summed E-state index contributed by atoms with van der Waals surface area (Å²) in [5, 5.41) is 4.12. The standard InChI is InChI=1S/C14H19N5O3S/c1-10-4-5-15-14(16-10)12-8-19(6-7-22-12)23(20,21)13-9-18(3)17-11(13)2/h4-5,9,12H,6-8H2,1-3H3/t12-/m1/s1. The maximum absolute atomic E-state index is 12.8. The van der Waals surface area contributed by atoms with Crippen molar-refractivity contribution in [2.75, 3.05) is 19.7 Å². The van der Waals surface area contributed by atoms with E-state index < -0.39 is 16.1 Å². The molecular formula is C14H19N5O3S. The number of hydrogen-bond acceptors (Lipinski definition) is 6. The Hall–Kier alpha value is -1.84. The van der Waals surface area contributed by atoms with Crippen molar-refractivity contribution in [3.63, 3.8) is 0 Å². The number of ether oxygens (including phenoxy) is 1. The summed E-state index contributed by atoms with van der Waals surface area (Å²) in [5.74, 6) is 0.507. The molecule has 0 saturated carbocycles. The van der Waals surface area contributed by atoms with Gasteiger partial charge in [0.15, 0.2) is 5.82 Å². The Bertz CT molecular complexity index is 818. The second-order valence-electron chi connectivity index (χ2n) is 5.53. The van der Waals surface area contributed by atoms with E-state index in [2.05, 4.69) is 15.1 Å². The van der Waals surface area contributed by atoms with Gasteiger partial charge in [-0.3, -0.25) is 4.68 Å². The van der Waals surface area contributed by atoms with Crippen molar-refractivity contribution in [3.8, 4) is 0 Å². The van der Waals surface area contributed by atoms with Crippen molar-refractivity contribution in [1.29, 1.82) is 0 Å². The van der Waals surface area contributed by atoms with E-state index in [1.807, 2.05) is 6.92 Å². The van der Waals surface area contributed by atoms with Crippen LogP contribution in [0, 0.1) is 13.8 Å². The lowest BCUT2D eigenvalue weighted by Crippen LogP contribution is -2.42. The van der Waals surface area contributed by atoms with Crippen LogP contribution in [0.2, 0.25) is 0 Å². The molecule has 3 rings (SSSR count). The molecule has 0 aromatic carbocycles. The molecule has 0 bridgehead atoms. The van der Waals surface area contributed by atoms with E-state index in [9.17, 15) is 8.42 Å². The molecule has 2 aromatic rings. The van der Waals surface area contributed by atoms with Crippen LogP contribution in [0.1, 0.15) is 23.3 Å². The summed E-state index contributed by atoms with van der Waals surface area (Å²) in [6, 6.07) is 1.79. The van der Waals surface area contributed by atoms with Gasteiger partial charge in [0.2, 0.25) is 10.0 Å². The predicted molar refractivity (Wildman–Crippen MR) is 82.2 cm³/mol. The lowest BCUT2D eigenvalue weighted by Gasteiger charge is -2.31. The fourth-order valence-corrected chi connectivity index (χ4v) is 4.22. The topological polar surface area (TPSA) is 90.2 Å². The third kappa shape index (κ3) is 3.12. The molecule has 0 aliphatic carbocycles. The first-order valence-corrected chi connectivity index (χ1v) is 8.73. The Balaban J connectivity index is 1.87. The number of aromatic nitrogens is 4. The molecule has 124 valence electrons. The van der Waals surface area contributed by atoms with Gasteiger partial charge in [0.25, 0.3) is 0 Å². The Morgan fingerprint density at radius 3 is 2.78 bits per heavy atom. The fraction of sp³-hybridized carbons (Fsp3) is 0.500. The van der Waals surface area contributed by atoms with E-state index in [-0.39, 0.29) is 11.4 Å². The van der Waals surface area contributed by atoms with E-state index in [0.717, 1.165) is 5.69 Å². The van der Waals surface area contributed by atoms with Gasteiger partial charge >= 0.3 is 0 Å². The summed E-state index contributed by atoms with van der Waals surface area (Å²) >= 11 is 0. The largest absolute Gasteiger partial charge is 0.367 e. The fourth-order valence-electron chi connectivity index (χ4n) is 2.59. The normalized spacial score (nSPS) is 19.9. The molecule has 2 aromatic heterocycles.